The highest BCUT2D eigenvalue weighted by atomic mass is 16.7. The van der Waals surface area contributed by atoms with Gasteiger partial charge in [0.2, 0.25) is 0 Å². The molecule has 3 aromatic rings. The summed E-state index contributed by atoms with van der Waals surface area (Å²) in [5, 5.41) is 0.929. The lowest BCUT2D eigenvalue weighted by Crippen LogP contribution is -2.15. The van der Waals surface area contributed by atoms with Crippen LogP contribution in [0.2, 0.25) is 0 Å². The molecule has 0 amide bonds. The molecule has 0 atom stereocenters. The zero-order valence-corrected chi connectivity index (χ0v) is 15.1. The first-order chi connectivity index (χ1) is 12.6. The first-order valence-electron chi connectivity index (χ1n) is 8.60. The Hall–Kier alpha value is -2.86. The Morgan fingerprint density at radius 3 is 2.85 bits per heavy atom. The number of nitrogens with one attached hydrogen (secondary N) is 1. The molecule has 6 nitrogen and oxygen atoms in total. The van der Waals surface area contributed by atoms with Gasteiger partial charge in [0.05, 0.1) is 6.61 Å². The molecule has 0 saturated carbocycles. The lowest BCUT2D eigenvalue weighted by atomic mass is 10.1. The number of ether oxygens (including phenoxy) is 2. The number of pyridine rings is 1. The Kier molecular flexibility index (Phi) is 5.86. The van der Waals surface area contributed by atoms with E-state index in [2.05, 4.69) is 14.9 Å². The van der Waals surface area contributed by atoms with Crippen LogP contribution < -0.4 is 4.74 Å². The summed E-state index contributed by atoms with van der Waals surface area (Å²) in [4.78, 5) is 21.5. The largest absolute Gasteiger partial charge is 0.513 e. The van der Waals surface area contributed by atoms with Gasteiger partial charge in [-0.05, 0) is 49.8 Å². The number of carbonyl (C=O) groups is 1. The van der Waals surface area contributed by atoms with Crippen LogP contribution in [-0.4, -0.2) is 48.3 Å². The van der Waals surface area contributed by atoms with Crippen molar-refractivity contribution in [2.45, 2.75) is 12.8 Å². The van der Waals surface area contributed by atoms with Gasteiger partial charge in [0, 0.05) is 42.5 Å². The number of nitrogens with zero attached hydrogens (tertiary/aromatic N) is 2. The molecule has 0 unspecified atom stereocenters. The molecule has 0 spiro atoms. The van der Waals surface area contributed by atoms with Crippen LogP contribution in [0.1, 0.15) is 11.1 Å². The summed E-state index contributed by atoms with van der Waals surface area (Å²) in [6, 6.07) is 9.41. The number of aromatic amines is 1. The maximum absolute atomic E-state index is 12.1. The number of fused-ring (bicyclic) bond motifs is 1. The predicted molar refractivity (Wildman–Crippen MR) is 100 cm³/mol. The average molecular weight is 353 g/mol. The molecule has 0 saturated heterocycles. The molecule has 0 radical (unpaired) electrons. The van der Waals surface area contributed by atoms with Gasteiger partial charge in [-0.25, -0.2) is 4.79 Å². The molecular formula is C20H23N3O3. The van der Waals surface area contributed by atoms with E-state index < -0.39 is 6.16 Å². The quantitative estimate of drug-likeness (QED) is 0.521. The van der Waals surface area contributed by atoms with E-state index in [1.165, 1.54) is 0 Å². The number of aromatic nitrogens is 2. The van der Waals surface area contributed by atoms with E-state index in [0.29, 0.717) is 12.2 Å². The van der Waals surface area contributed by atoms with Crippen molar-refractivity contribution >= 4 is 17.1 Å². The van der Waals surface area contributed by atoms with Crippen LogP contribution in [0, 0.1) is 0 Å². The number of carbonyl (C=O) groups excluding carboxylic acids is 1. The van der Waals surface area contributed by atoms with E-state index >= 15 is 0 Å². The van der Waals surface area contributed by atoms with Crippen molar-refractivity contribution in [1.82, 2.24) is 14.9 Å². The highest BCUT2D eigenvalue weighted by molar-refractivity contribution is 5.90. The second-order valence-corrected chi connectivity index (χ2v) is 6.36. The fraction of sp³-hybridized carbons (Fsp3) is 0.300. The normalized spacial score (nSPS) is 11.0. The topological polar surface area (TPSA) is 67.5 Å². The van der Waals surface area contributed by atoms with Crippen molar-refractivity contribution in [2.24, 2.45) is 0 Å². The van der Waals surface area contributed by atoms with Gasteiger partial charge in [0.15, 0.2) is 0 Å². The van der Waals surface area contributed by atoms with Gasteiger partial charge in [-0.1, -0.05) is 12.1 Å². The van der Waals surface area contributed by atoms with Gasteiger partial charge in [0.1, 0.15) is 5.75 Å². The Morgan fingerprint density at radius 1 is 1.19 bits per heavy atom. The molecule has 3 rings (SSSR count). The van der Waals surface area contributed by atoms with Crippen LogP contribution in [0.25, 0.3) is 10.9 Å². The van der Waals surface area contributed by atoms with Crippen LogP contribution >= 0.6 is 0 Å². The predicted octanol–water partition coefficient (Wildman–Crippen LogP) is 3.43. The lowest BCUT2D eigenvalue weighted by Gasteiger charge is -2.10. The molecule has 1 N–H and O–H groups in total. The first-order valence-corrected chi connectivity index (χ1v) is 8.60. The molecule has 2 heterocycles. The molecule has 6 heteroatoms. The number of likely N-dealkylation sites (N-methyl/N-ethyl adjacent to an activating group) is 1. The van der Waals surface area contributed by atoms with Crippen LogP contribution in [0.15, 0.2) is 48.9 Å². The molecule has 0 aliphatic heterocycles. The third-order valence-corrected chi connectivity index (χ3v) is 4.10. The maximum atomic E-state index is 12.1. The molecular weight excluding hydrogens is 330 g/mol. The second kappa shape index (κ2) is 8.49. The molecule has 0 aliphatic carbocycles. The standard InChI is InChI=1S/C20H23N3O3/c1-23(2)11-8-16-14-22-17-6-3-7-18(19(16)17)26-20(24)25-12-9-15-5-4-10-21-13-15/h3-7,10,13-14,22H,8-9,11-12H2,1-2H3. The summed E-state index contributed by atoms with van der Waals surface area (Å²) >= 11 is 0. The van der Waals surface area contributed by atoms with Crippen LogP contribution in [0.4, 0.5) is 4.79 Å². The van der Waals surface area contributed by atoms with Crippen molar-refractivity contribution in [3.8, 4) is 5.75 Å². The van der Waals surface area contributed by atoms with E-state index in [1.807, 2.05) is 44.6 Å². The summed E-state index contributed by atoms with van der Waals surface area (Å²) < 4.78 is 10.7. The number of benzene rings is 1. The van der Waals surface area contributed by atoms with Crippen molar-refractivity contribution in [3.63, 3.8) is 0 Å². The average Bonchev–Trinajstić information content (AvgIpc) is 3.05. The minimum absolute atomic E-state index is 0.251. The Balaban J connectivity index is 1.64. The van der Waals surface area contributed by atoms with Gasteiger partial charge in [-0.15, -0.1) is 0 Å². The van der Waals surface area contributed by atoms with E-state index in [4.69, 9.17) is 9.47 Å². The van der Waals surface area contributed by atoms with E-state index in [9.17, 15) is 4.79 Å². The van der Waals surface area contributed by atoms with Crippen molar-refractivity contribution in [3.05, 3.63) is 60.0 Å². The van der Waals surface area contributed by atoms with E-state index in [1.54, 1.807) is 18.5 Å². The van der Waals surface area contributed by atoms with Crippen molar-refractivity contribution in [2.75, 3.05) is 27.2 Å². The fourth-order valence-corrected chi connectivity index (χ4v) is 2.76. The Bertz CT molecular complexity index is 859. The zero-order chi connectivity index (χ0) is 18.4. The second-order valence-electron chi connectivity index (χ2n) is 6.36. The van der Waals surface area contributed by atoms with Crippen LogP contribution in [-0.2, 0) is 17.6 Å². The smallest absolute Gasteiger partial charge is 0.434 e. The number of hydrogen-bond donors (Lipinski definition) is 1. The minimum Gasteiger partial charge on any atom is -0.434 e. The van der Waals surface area contributed by atoms with Crippen molar-refractivity contribution in [1.29, 1.82) is 0 Å². The first kappa shape index (κ1) is 17.9. The molecule has 1 aromatic carbocycles. The number of rotatable bonds is 7. The lowest BCUT2D eigenvalue weighted by molar-refractivity contribution is 0.101. The van der Waals surface area contributed by atoms with Gasteiger partial charge in [-0.3, -0.25) is 4.98 Å². The van der Waals surface area contributed by atoms with Gasteiger partial charge >= 0.3 is 6.16 Å². The third kappa shape index (κ3) is 4.61. The summed E-state index contributed by atoms with van der Waals surface area (Å²) in [6.45, 7) is 1.16. The number of hydrogen-bond acceptors (Lipinski definition) is 5. The van der Waals surface area contributed by atoms with Gasteiger partial charge in [-0.2, -0.15) is 0 Å². The van der Waals surface area contributed by atoms with Gasteiger partial charge < -0.3 is 19.4 Å². The molecule has 0 bridgehead atoms. The summed E-state index contributed by atoms with van der Waals surface area (Å²) in [5.74, 6) is 0.517. The minimum atomic E-state index is -0.693. The zero-order valence-electron chi connectivity index (χ0n) is 15.1. The van der Waals surface area contributed by atoms with Gasteiger partial charge in [0.25, 0.3) is 0 Å². The maximum Gasteiger partial charge on any atom is 0.513 e. The van der Waals surface area contributed by atoms with Crippen LogP contribution in [0.3, 0.4) is 0 Å². The molecule has 0 aliphatic rings. The molecule has 136 valence electrons. The summed E-state index contributed by atoms with van der Waals surface area (Å²) in [5.41, 5.74) is 3.07. The Morgan fingerprint density at radius 2 is 2.08 bits per heavy atom. The highest BCUT2D eigenvalue weighted by Gasteiger charge is 2.14. The third-order valence-electron chi connectivity index (χ3n) is 4.10. The highest BCUT2D eigenvalue weighted by Crippen LogP contribution is 2.29. The number of H-pyrrole nitrogens is 1. The monoisotopic (exact) mass is 353 g/mol. The van der Waals surface area contributed by atoms with Crippen molar-refractivity contribution < 1.29 is 14.3 Å². The molecule has 0 fully saturated rings. The SMILES string of the molecule is CN(C)CCc1c[nH]c2cccc(OC(=O)OCCc3cccnc3)c12. The van der Waals surface area contributed by atoms with Crippen LogP contribution in [0.5, 0.6) is 5.75 Å². The summed E-state index contributed by atoms with van der Waals surface area (Å²) in [7, 11) is 4.07. The molecule has 26 heavy (non-hydrogen) atoms. The Labute approximate surface area is 152 Å². The fourth-order valence-electron chi connectivity index (χ4n) is 2.76. The molecule has 2 aromatic heterocycles. The van der Waals surface area contributed by atoms with E-state index in [0.717, 1.165) is 35.0 Å². The summed E-state index contributed by atoms with van der Waals surface area (Å²) in [6.07, 6.45) is 6.21. The van der Waals surface area contributed by atoms with E-state index in [-0.39, 0.29) is 6.61 Å².